The molecule has 0 aliphatic heterocycles. The van der Waals surface area contributed by atoms with E-state index in [0.29, 0.717) is 5.92 Å². The Morgan fingerprint density at radius 3 is 2.71 bits per heavy atom. The Morgan fingerprint density at radius 1 is 1.33 bits per heavy atom. The van der Waals surface area contributed by atoms with E-state index in [9.17, 15) is 0 Å². The second-order valence-corrected chi connectivity index (χ2v) is 6.26. The van der Waals surface area contributed by atoms with Crippen molar-refractivity contribution in [1.29, 1.82) is 0 Å². The maximum atomic E-state index is 5.97. The van der Waals surface area contributed by atoms with Gasteiger partial charge in [-0.1, -0.05) is 26.2 Å². The molecule has 118 valence electrons. The highest BCUT2D eigenvalue weighted by molar-refractivity contribution is 5.26. The van der Waals surface area contributed by atoms with E-state index in [0.717, 1.165) is 13.0 Å². The lowest BCUT2D eigenvalue weighted by Crippen LogP contribution is -2.40. The zero-order valence-electron chi connectivity index (χ0n) is 13.8. The summed E-state index contributed by atoms with van der Waals surface area (Å²) in [5, 5.41) is 3.71. The van der Waals surface area contributed by atoms with Crippen LogP contribution in [0.25, 0.3) is 0 Å². The highest BCUT2D eigenvalue weighted by Gasteiger charge is 2.32. The van der Waals surface area contributed by atoms with Gasteiger partial charge >= 0.3 is 0 Å². The molecule has 1 aliphatic carbocycles. The summed E-state index contributed by atoms with van der Waals surface area (Å²) in [5.41, 5.74) is 2.60. The Bertz CT molecular complexity index is 415. The van der Waals surface area contributed by atoms with Gasteiger partial charge in [-0.15, -0.1) is 0 Å². The fourth-order valence-electron chi connectivity index (χ4n) is 3.57. The number of nitrogens with one attached hydrogen (secondary N) is 1. The number of rotatable bonds is 7. The van der Waals surface area contributed by atoms with E-state index in [4.69, 9.17) is 4.74 Å². The van der Waals surface area contributed by atoms with Crippen LogP contribution < -0.4 is 5.32 Å². The molecule has 2 rings (SSSR count). The molecule has 0 spiro atoms. The number of hydrogen-bond donors (Lipinski definition) is 1. The molecule has 3 nitrogen and oxygen atoms in total. The van der Waals surface area contributed by atoms with E-state index in [1.165, 1.54) is 43.2 Å². The quantitative estimate of drug-likeness (QED) is 0.823. The van der Waals surface area contributed by atoms with Crippen LogP contribution in [0, 0.1) is 12.8 Å². The minimum absolute atomic E-state index is 0.250. The van der Waals surface area contributed by atoms with Gasteiger partial charge in [-0.2, -0.15) is 0 Å². The second-order valence-electron chi connectivity index (χ2n) is 6.26. The van der Waals surface area contributed by atoms with Gasteiger partial charge < -0.3 is 10.1 Å². The van der Waals surface area contributed by atoms with Crippen LogP contribution in [0.4, 0.5) is 0 Å². The minimum atomic E-state index is 0.250. The molecule has 2 atom stereocenters. The van der Waals surface area contributed by atoms with Crippen LogP contribution in [0.1, 0.15) is 62.6 Å². The Labute approximate surface area is 129 Å². The lowest BCUT2D eigenvalue weighted by atomic mass is 9.80. The molecule has 0 radical (unpaired) electrons. The average molecular weight is 290 g/mol. The number of pyridine rings is 1. The van der Waals surface area contributed by atoms with E-state index < -0.39 is 0 Å². The van der Waals surface area contributed by atoms with Gasteiger partial charge in [0, 0.05) is 19.5 Å². The van der Waals surface area contributed by atoms with Gasteiger partial charge in [0.2, 0.25) is 0 Å². The SMILES string of the molecule is CCCNC(c1cnccc1C)C(OC)C1CCCCC1. The third-order valence-corrected chi connectivity index (χ3v) is 4.74. The maximum Gasteiger partial charge on any atom is 0.0794 e. The van der Waals surface area contributed by atoms with E-state index >= 15 is 0 Å². The Kier molecular flexibility index (Phi) is 6.65. The topological polar surface area (TPSA) is 34.2 Å². The van der Waals surface area contributed by atoms with E-state index in [2.05, 4.69) is 30.2 Å². The van der Waals surface area contributed by atoms with Crippen molar-refractivity contribution in [2.45, 2.75) is 64.5 Å². The Morgan fingerprint density at radius 2 is 2.10 bits per heavy atom. The van der Waals surface area contributed by atoms with Crippen LogP contribution in [-0.4, -0.2) is 24.7 Å². The second kappa shape index (κ2) is 8.50. The summed E-state index contributed by atoms with van der Waals surface area (Å²) >= 11 is 0. The zero-order chi connectivity index (χ0) is 15.1. The number of nitrogens with zero attached hydrogens (tertiary/aromatic N) is 1. The van der Waals surface area contributed by atoms with Gasteiger partial charge in [-0.05, 0) is 55.8 Å². The average Bonchev–Trinajstić information content (AvgIpc) is 2.53. The van der Waals surface area contributed by atoms with Gasteiger partial charge in [0.15, 0.2) is 0 Å². The summed E-state index contributed by atoms with van der Waals surface area (Å²) in [5.74, 6) is 0.665. The van der Waals surface area contributed by atoms with Crippen molar-refractivity contribution in [3.63, 3.8) is 0 Å². The van der Waals surface area contributed by atoms with Crippen LogP contribution in [0.2, 0.25) is 0 Å². The molecule has 1 aromatic rings. The van der Waals surface area contributed by atoms with E-state index in [1.54, 1.807) is 0 Å². The predicted octanol–water partition coefficient (Wildman–Crippen LogP) is 4.03. The standard InChI is InChI=1S/C18H30N2O/c1-4-11-20-17(16-13-19-12-10-14(16)2)18(21-3)15-8-6-5-7-9-15/h10,12-13,15,17-18,20H,4-9,11H2,1-3H3. The van der Waals surface area contributed by atoms with Crippen LogP contribution >= 0.6 is 0 Å². The predicted molar refractivity (Wildman–Crippen MR) is 87.4 cm³/mol. The van der Waals surface area contributed by atoms with Crippen molar-refractivity contribution in [2.75, 3.05) is 13.7 Å². The van der Waals surface area contributed by atoms with Crippen LogP contribution in [0.15, 0.2) is 18.5 Å². The number of methoxy groups -OCH3 is 1. The van der Waals surface area contributed by atoms with Crippen molar-refractivity contribution in [3.05, 3.63) is 29.6 Å². The maximum absolute atomic E-state index is 5.97. The molecule has 1 N–H and O–H groups in total. The number of ether oxygens (including phenoxy) is 1. The van der Waals surface area contributed by atoms with Crippen LogP contribution in [0.3, 0.4) is 0 Å². The molecule has 1 aliphatic rings. The summed E-state index contributed by atoms with van der Waals surface area (Å²) in [4.78, 5) is 4.34. The fraction of sp³-hybridized carbons (Fsp3) is 0.722. The summed E-state index contributed by atoms with van der Waals surface area (Å²) in [6, 6.07) is 2.36. The van der Waals surface area contributed by atoms with Gasteiger partial charge in [0.25, 0.3) is 0 Å². The van der Waals surface area contributed by atoms with Gasteiger partial charge in [-0.25, -0.2) is 0 Å². The molecular formula is C18H30N2O. The molecule has 1 saturated carbocycles. The molecule has 0 aromatic carbocycles. The number of aromatic nitrogens is 1. The molecule has 1 heterocycles. The van der Waals surface area contributed by atoms with Gasteiger partial charge in [0.1, 0.15) is 0 Å². The molecule has 21 heavy (non-hydrogen) atoms. The third-order valence-electron chi connectivity index (χ3n) is 4.74. The highest BCUT2D eigenvalue weighted by Crippen LogP contribution is 2.34. The fourth-order valence-corrected chi connectivity index (χ4v) is 3.57. The minimum Gasteiger partial charge on any atom is -0.379 e. The molecular weight excluding hydrogens is 260 g/mol. The van der Waals surface area contributed by atoms with Gasteiger partial charge in [0.05, 0.1) is 12.1 Å². The molecule has 0 bridgehead atoms. The van der Waals surface area contributed by atoms with Crippen molar-refractivity contribution >= 4 is 0 Å². The van der Waals surface area contributed by atoms with Gasteiger partial charge in [-0.3, -0.25) is 4.98 Å². The lowest BCUT2D eigenvalue weighted by molar-refractivity contribution is 0.00733. The number of hydrogen-bond acceptors (Lipinski definition) is 3. The first kappa shape index (κ1) is 16.4. The molecule has 1 aromatic heterocycles. The first-order valence-electron chi connectivity index (χ1n) is 8.44. The van der Waals surface area contributed by atoms with Crippen molar-refractivity contribution in [1.82, 2.24) is 10.3 Å². The van der Waals surface area contributed by atoms with Crippen LogP contribution in [-0.2, 0) is 4.74 Å². The Balaban J connectivity index is 2.22. The largest absolute Gasteiger partial charge is 0.379 e. The molecule has 2 unspecified atom stereocenters. The molecule has 1 fully saturated rings. The summed E-state index contributed by atoms with van der Waals surface area (Å²) in [7, 11) is 1.87. The Hall–Kier alpha value is -0.930. The third kappa shape index (κ3) is 4.27. The molecule has 3 heteroatoms. The monoisotopic (exact) mass is 290 g/mol. The summed E-state index contributed by atoms with van der Waals surface area (Å²) < 4.78 is 5.97. The number of aryl methyl sites for hydroxylation is 1. The van der Waals surface area contributed by atoms with Crippen molar-refractivity contribution in [3.8, 4) is 0 Å². The van der Waals surface area contributed by atoms with Crippen molar-refractivity contribution < 1.29 is 4.74 Å². The summed E-state index contributed by atoms with van der Waals surface area (Å²) in [6.45, 7) is 5.40. The molecule has 0 saturated heterocycles. The van der Waals surface area contributed by atoms with E-state index in [-0.39, 0.29) is 12.1 Å². The molecule has 0 amide bonds. The highest BCUT2D eigenvalue weighted by atomic mass is 16.5. The normalized spacial score (nSPS) is 19.4. The smallest absolute Gasteiger partial charge is 0.0794 e. The zero-order valence-corrected chi connectivity index (χ0v) is 13.8. The first-order valence-corrected chi connectivity index (χ1v) is 8.44. The van der Waals surface area contributed by atoms with Crippen molar-refractivity contribution in [2.24, 2.45) is 5.92 Å². The van der Waals surface area contributed by atoms with E-state index in [1.807, 2.05) is 19.5 Å². The summed E-state index contributed by atoms with van der Waals surface area (Å²) in [6.07, 6.45) is 11.9. The lowest BCUT2D eigenvalue weighted by Gasteiger charge is -2.36. The van der Waals surface area contributed by atoms with Crippen LogP contribution in [0.5, 0.6) is 0 Å². The first-order chi connectivity index (χ1) is 10.3.